The van der Waals surface area contributed by atoms with Gasteiger partial charge in [-0.05, 0) is 44.6 Å². The average molecular weight is 278 g/mol. The van der Waals surface area contributed by atoms with Crippen LogP contribution in [0, 0.1) is 0 Å². The number of carbonyl (C=O) groups is 1. The molecular weight excluding hydrogens is 256 g/mol. The molecule has 5 nitrogen and oxygen atoms in total. The topological polar surface area (TPSA) is 53.4 Å². The van der Waals surface area contributed by atoms with E-state index in [1.807, 2.05) is 16.9 Å². The lowest BCUT2D eigenvalue weighted by Crippen LogP contribution is -2.25. The summed E-state index contributed by atoms with van der Waals surface area (Å²) in [6.45, 7) is 0.837. The first-order chi connectivity index (χ1) is 9.83. The van der Waals surface area contributed by atoms with Gasteiger partial charge in [0.1, 0.15) is 6.10 Å². The van der Waals surface area contributed by atoms with Gasteiger partial charge in [0.05, 0.1) is 12.1 Å². The van der Waals surface area contributed by atoms with Gasteiger partial charge in [0.25, 0.3) is 0 Å². The summed E-state index contributed by atoms with van der Waals surface area (Å²) in [5.74, 6) is -0.0930. The Labute approximate surface area is 119 Å². The van der Waals surface area contributed by atoms with Gasteiger partial charge in [-0.25, -0.2) is 0 Å². The van der Waals surface area contributed by atoms with Crippen LogP contribution in [0.1, 0.15) is 51.0 Å². The Kier molecular flexibility index (Phi) is 4.35. The third-order valence-corrected chi connectivity index (χ3v) is 4.26. The minimum absolute atomic E-state index is 0.0214. The van der Waals surface area contributed by atoms with E-state index >= 15 is 0 Å². The van der Waals surface area contributed by atoms with Crippen molar-refractivity contribution in [2.24, 2.45) is 0 Å². The van der Waals surface area contributed by atoms with Gasteiger partial charge < -0.3 is 9.47 Å². The van der Waals surface area contributed by atoms with Crippen LogP contribution in [0.3, 0.4) is 0 Å². The number of esters is 1. The Hall–Kier alpha value is -1.36. The summed E-state index contributed by atoms with van der Waals surface area (Å²) < 4.78 is 13.1. The van der Waals surface area contributed by atoms with Crippen LogP contribution in [0.4, 0.5) is 0 Å². The highest BCUT2D eigenvalue weighted by atomic mass is 16.5. The zero-order chi connectivity index (χ0) is 13.8. The van der Waals surface area contributed by atoms with Crippen LogP contribution in [0.2, 0.25) is 0 Å². The van der Waals surface area contributed by atoms with Crippen LogP contribution in [-0.2, 0) is 14.3 Å². The summed E-state index contributed by atoms with van der Waals surface area (Å²) in [5.41, 5.74) is 0. The first-order valence-corrected chi connectivity index (χ1v) is 7.63. The van der Waals surface area contributed by atoms with E-state index < -0.39 is 0 Å². The van der Waals surface area contributed by atoms with E-state index in [0.29, 0.717) is 6.42 Å². The fourth-order valence-electron chi connectivity index (χ4n) is 3.20. The Bertz CT molecular complexity index is 426. The van der Waals surface area contributed by atoms with Crippen LogP contribution in [0.15, 0.2) is 18.5 Å². The van der Waals surface area contributed by atoms with Gasteiger partial charge in [0, 0.05) is 25.4 Å². The molecule has 1 saturated heterocycles. The highest BCUT2D eigenvalue weighted by Gasteiger charge is 2.32. The predicted molar refractivity (Wildman–Crippen MR) is 73.2 cm³/mol. The van der Waals surface area contributed by atoms with E-state index in [1.54, 1.807) is 6.20 Å². The summed E-state index contributed by atoms with van der Waals surface area (Å²) in [7, 11) is 0. The van der Waals surface area contributed by atoms with Crippen LogP contribution in [0.5, 0.6) is 0 Å². The van der Waals surface area contributed by atoms with E-state index in [9.17, 15) is 4.79 Å². The molecule has 2 heterocycles. The molecule has 0 amide bonds. The number of rotatable bonds is 5. The molecule has 0 aromatic carbocycles. The molecular formula is C15H22N2O3. The Morgan fingerprint density at radius 3 is 3.05 bits per heavy atom. The zero-order valence-corrected chi connectivity index (χ0v) is 11.7. The number of nitrogens with zero attached hydrogens (tertiary/aromatic N) is 2. The lowest BCUT2D eigenvalue weighted by molar-refractivity contribution is -0.151. The molecule has 0 radical (unpaired) electrons. The van der Waals surface area contributed by atoms with Gasteiger partial charge in [-0.1, -0.05) is 0 Å². The molecule has 1 unspecified atom stereocenters. The average Bonchev–Trinajstić information content (AvgIpc) is 3.18. The van der Waals surface area contributed by atoms with Crippen molar-refractivity contribution in [3.63, 3.8) is 0 Å². The Balaban J connectivity index is 1.47. The Morgan fingerprint density at radius 2 is 2.30 bits per heavy atom. The molecule has 3 rings (SSSR count). The SMILES string of the molecule is O=C(CCC1CCCO1)O[C@@H]1CCC[C@H]1n1cccn1. The maximum atomic E-state index is 12.0. The first-order valence-electron chi connectivity index (χ1n) is 7.63. The molecule has 1 aromatic heterocycles. The number of hydrogen-bond donors (Lipinski definition) is 0. The van der Waals surface area contributed by atoms with Gasteiger partial charge >= 0.3 is 5.97 Å². The summed E-state index contributed by atoms with van der Waals surface area (Å²) in [5, 5.41) is 4.27. The van der Waals surface area contributed by atoms with Crippen molar-refractivity contribution in [2.75, 3.05) is 6.61 Å². The smallest absolute Gasteiger partial charge is 0.306 e. The van der Waals surface area contributed by atoms with E-state index in [4.69, 9.17) is 9.47 Å². The second kappa shape index (κ2) is 6.39. The van der Waals surface area contributed by atoms with Gasteiger partial charge in [0.2, 0.25) is 0 Å². The van der Waals surface area contributed by atoms with Crippen molar-refractivity contribution < 1.29 is 14.3 Å². The van der Waals surface area contributed by atoms with Crippen molar-refractivity contribution in [2.45, 2.75) is 63.2 Å². The Morgan fingerprint density at radius 1 is 1.35 bits per heavy atom. The largest absolute Gasteiger partial charge is 0.460 e. The normalized spacial score (nSPS) is 29.7. The van der Waals surface area contributed by atoms with E-state index in [1.165, 1.54) is 0 Å². The van der Waals surface area contributed by atoms with E-state index in [-0.39, 0.29) is 24.2 Å². The molecule has 1 saturated carbocycles. The second-order valence-corrected chi connectivity index (χ2v) is 5.69. The van der Waals surface area contributed by atoms with Crippen LogP contribution in [-0.4, -0.2) is 34.6 Å². The van der Waals surface area contributed by atoms with E-state index in [0.717, 1.165) is 45.1 Å². The molecule has 2 fully saturated rings. The second-order valence-electron chi connectivity index (χ2n) is 5.69. The fraction of sp³-hybridized carbons (Fsp3) is 0.733. The molecule has 0 bridgehead atoms. The number of aromatic nitrogens is 2. The van der Waals surface area contributed by atoms with Gasteiger partial charge in [-0.2, -0.15) is 5.10 Å². The van der Waals surface area contributed by atoms with Gasteiger partial charge in [-0.3, -0.25) is 9.48 Å². The van der Waals surface area contributed by atoms with Crippen LogP contribution in [0.25, 0.3) is 0 Å². The molecule has 0 spiro atoms. The highest BCUT2D eigenvalue weighted by Crippen LogP contribution is 2.32. The van der Waals surface area contributed by atoms with E-state index in [2.05, 4.69) is 5.10 Å². The third kappa shape index (κ3) is 3.20. The highest BCUT2D eigenvalue weighted by molar-refractivity contribution is 5.69. The first kappa shape index (κ1) is 13.6. The monoisotopic (exact) mass is 278 g/mol. The molecule has 110 valence electrons. The standard InChI is InChI=1S/C15H22N2O3/c18-15(8-7-12-4-2-11-19-12)20-14-6-1-5-13(14)17-10-3-9-16-17/h3,9-10,12-14H,1-2,4-8,11H2/t12?,13-,14-/m1/s1. The maximum Gasteiger partial charge on any atom is 0.306 e. The number of ether oxygens (including phenoxy) is 2. The summed E-state index contributed by atoms with van der Waals surface area (Å²) >= 11 is 0. The molecule has 1 aliphatic heterocycles. The maximum absolute atomic E-state index is 12.0. The van der Waals surface area contributed by atoms with Crippen LogP contribution >= 0.6 is 0 Å². The van der Waals surface area contributed by atoms with Crippen molar-refractivity contribution >= 4 is 5.97 Å². The predicted octanol–water partition coefficient (Wildman–Crippen LogP) is 2.48. The summed E-state index contributed by atoms with van der Waals surface area (Å²) in [6.07, 6.45) is 10.5. The number of carbonyl (C=O) groups excluding carboxylic acids is 1. The lowest BCUT2D eigenvalue weighted by atomic mass is 10.1. The quantitative estimate of drug-likeness (QED) is 0.776. The molecule has 2 aliphatic rings. The minimum atomic E-state index is -0.0930. The van der Waals surface area contributed by atoms with Crippen molar-refractivity contribution in [3.8, 4) is 0 Å². The van der Waals surface area contributed by atoms with Gasteiger partial charge in [0.15, 0.2) is 0 Å². The van der Waals surface area contributed by atoms with Crippen LogP contribution < -0.4 is 0 Å². The third-order valence-electron chi connectivity index (χ3n) is 4.26. The fourth-order valence-corrected chi connectivity index (χ4v) is 3.20. The minimum Gasteiger partial charge on any atom is -0.460 e. The summed E-state index contributed by atoms with van der Waals surface area (Å²) in [6, 6.07) is 2.12. The molecule has 1 aromatic rings. The van der Waals surface area contributed by atoms with Crippen molar-refractivity contribution in [3.05, 3.63) is 18.5 Å². The molecule has 5 heteroatoms. The lowest BCUT2D eigenvalue weighted by Gasteiger charge is -2.20. The summed E-state index contributed by atoms with van der Waals surface area (Å²) in [4.78, 5) is 12.0. The van der Waals surface area contributed by atoms with Crippen molar-refractivity contribution in [1.29, 1.82) is 0 Å². The molecule has 0 N–H and O–H groups in total. The van der Waals surface area contributed by atoms with Crippen molar-refractivity contribution in [1.82, 2.24) is 9.78 Å². The van der Waals surface area contributed by atoms with Gasteiger partial charge in [-0.15, -0.1) is 0 Å². The molecule has 3 atom stereocenters. The molecule has 1 aliphatic carbocycles. The zero-order valence-electron chi connectivity index (χ0n) is 11.7. The number of hydrogen-bond acceptors (Lipinski definition) is 4. The molecule has 20 heavy (non-hydrogen) atoms.